The summed E-state index contributed by atoms with van der Waals surface area (Å²) in [6.07, 6.45) is 11.0. The summed E-state index contributed by atoms with van der Waals surface area (Å²) in [5.74, 6) is 1.34. The van der Waals surface area contributed by atoms with Gasteiger partial charge in [-0.15, -0.1) is 5.10 Å². The quantitative estimate of drug-likeness (QED) is 0.886. The molecule has 1 N–H and O–H groups in total. The highest BCUT2D eigenvalue weighted by Crippen LogP contribution is 2.36. The number of hydrogen-bond acceptors (Lipinski definition) is 6. The van der Waals surface area contributed by atoms with Crippen molar-refractivity contribution in [2.24, 2.45) is 4.99 Å². The van der Waals surface area contributed by atoms with Crippen LogP contribution in [0.15, 0.2) is 53.3 Å². The number of aliphatic imine (C=N–C) groups is 1. The van der Waals surface area contributed by atoms with Gasteiger partial charge in [-0.2, -0.15) is 4.68 Å². The summed E-state index contributed by atoms with van der Waals surface area (Å²) in [7, 11) is 0. The molecule has 2 aromatic rings. The number of allylic oxidation sites excluding steroid dienone is 3. The topological polar surface area (TPSA) is 73.6 Å². The molecule has 0 amide bonds. The van der Waals surface area contributed by atoms with Gasteiger partial charge < -0.3 is 14.8 Å². The first-order valence-electron chi connectivity index (χ1n) is 9.62. The Hall–Kier alpha value is -2.51. The van der Waals surface area contributed by atoms with E-state index < -0.39 is 0 Å². The molecule has 5 rings (SSSR count). The highest BCUT2D eigenvalue weighted by atomic mass is 16.7. The summed E-state index contributed by atoms with van der Waals surface area (Å²) in [5.41, 5.74) is 1.82. The number of nitrogens with one attached hydrogen (secondary N) is 1. The number of hydrogen-bond donors (Lipinski definition) is 1. The minimum Gasteiger partial charge on any atom is -0.368 e. The van der Waals surface area contributed by atoms with Crippen molar-refractivity contribution in [3.63, 3.8) is 0 Å². The van der Waals surface area contributed by atoms with Gasteiger partial charge >= 0.3 is 0 Å². The van der Waals surface area contributed by atoms with E-state index >= 15 is 0 Å². The minimum atomic E-state index is -0.328. The van der Waals surface area contributed by atoms with Crippen LogP contribution in [0, 0.1) is 0 Å². The standard InChI is InChI=1S/C20H23N5O2/c1-2-6-17-16(5-1)23-24-25(17)19-8-4-3-7-18(22-19)21-15-9-11-20(12-10-15)26-13-14-27-20/h1-2,4-8,15,21H,3,9-14H2. The third kappa shape index (κ3) is 3.28. The number of aromatic nitrogens is 3. The first kappa shape index (κ1) is 16.6. The van der Waals surface area contributed by atoms with Crippen molar-refractivity contribution < 1.29 is 9.47 Å². The van der Waals surface area contributed by atoms with Gasteiger partial charge in [-0.25, -0.2) is 4.99 Å². The third-order valence-corrected chi connectivity index (χ3v) is 5.43. The van der Waals surface area contributed by atoms with E-state index in [1.54, 1.807) is 4.68 Å². The van der Waals surface area contributed by atoms with Gasteiger partial charge in [0.05, 0.1) is 18.7 Å². The second-order valence-corrected chi connectivity index (χ2v) is 7.21. The van der Waals surface area contributed by atoms with Crippen LogP contribution in [0.25, 0.3) is 11.0 Å². The number of para-hydroxylation sites is 1. The molecule has 1 aliphatic carbocycles. The molecular weight excluding hydrogens is 342 g/mol. The maximum atomic E-state index is 5.83. The van der Waals surface area contributed by atoms with Crippen LogP contribution in [0.3, 0.4) is 0 Å². The molecule has 27 heavy (non-hydrogen) atoms. The largest absolute Gasteiger partial charge is 0.368 e. The molecule has 0 radical (unpaired) electrons. The molecule has 1 aromatic heterocycles. The van der Waals surface area contributed by atoms with Crippen molar-refractivity contribution in [3.8, 4) is 0 Å². The number of fused-ring (bicyclic) bond motifs is 1. The van der Waals surface area contributed by atoms with E-state index in [-0.39, 0.29) is 5.79 Å². The maximum absolute atomic E-state index is 5.83. The molecule has 1 aromatic carbocycles. The van der Waals surface area contributed by atoms with Gasteiger partial charge in [0, 0.05) is 18.9 Å². The van der Waals surface area contributed by atoms with Crippen LogP contribution in [0.1, 0.15) is 32.1 Å². The first-order valence-corrected chi connectivity index (χ1v) is 9.62. The molecule has 0 atom stereocenters. The van der Waals surface area contributed by atoms with Crippen molar-refractivity contribution in [1.29, 1.82) is 0 Å². The molecule has 1 spiro atoms. The number of benzene rings is 1. The van der Waals surface area contributed by atoms with Crippen molar-refractivity contribution in [2.75, 3.05) is 13.2 Å². The molecule has 1 saturated carbocycles. The lowest BCUT2D eigenvalue weighted by atomic mass is 9.90. The summed E-state index contributed by atoms with van der Waals surface area (Å²) in [6.45, 7) is 1.43. The molecule has 140 valence electrons. The Labute approximate surface area is 157 Å². The van der Waals surface area contributed by atoms with Crippen molar-refractivity contribution >= 4 is 16.9 Å². The Morgan fingerprint density at radius 1 is 1.11 bits per heavy atom. The lowest BCUT2D eigenvalue weighted by molar-refractivity contribution is -0.179. The van der Waals surface area contributed by atoms with Crippen LogP contribution in [-0.4, -0.2) is 45.9 Å². The number of nitrogens with zero attached hydrogens (tertiary/aromatic N) is 4. The second kappa shape index (κ2) is 6.90. The third-order valence-electron chi connectivity index (χ3n) is 5.43. The minimum absolute atomic E-state index is 0.328. The molecule has 7 heteroatoms. The van der Waals surface area contributed by atoms with E-state index in [2.05, 4.69) is 27.8 Å². The highest BCUT2D eigenvalue weighted by molar-refractivity contribution is 6.00. The Kier molecular flexibility index (Phi) is 4.26. The summed E-state index contributed by atoms with van der Waals surface area (Å²) in [4.78, 5) is 4.83. The monoisotopic (exact) mass is 365 g/mol. The van der Waals surface area contributed by atoms with Crippen molar-refractivity contribution in [2.45, 2.75) is 43.9 Å². The fourth-order valence-electron chi connectivity index (χ4n) is 4.00. The molecule has 3 aliphatic rings. The zero-order chi connectivity index (χ0) is 18.1. The lowest BCUT2D eigenvalue weighted by Crippen LogP contribution is -2.41. The van der Waals surface area contributed by atoms with Gasteiger partial charge in [-0.1, -0.05) is 23.4 Å². The fraction of sp³-hybridized carbons (Fsp3) is 0.450. The van der Waals surface area contributed by atoms with Crippen molar-refractivity contribution in [3.05, 3.63) is 48.3 Å². The second-order valence-electron chi connectivity index (χ2n) is 7.21. The Balaban J connectivity index is 1.33. The number of rotatable bonds is 2. The molecule has 0 bridgehead atoms. The average molecular weight is 365 g/mol. The zero-order valence-electron chi connectivity index (χ0n) is 15.2. The van der Waals surface area contributed by atoms with Crippen LogP contribution >= 0.6 is 0 Å². The molecule has 0 unspecified atom stereocenters. The van der Waals surface area contributed by atoms with Gasteiger partial charge in [-0.3, -0.25) is 0 Å². The Bertz CT molecular complexity index is 913. The van der Waals surface area contributed by atoms with Crippen LogP contribution in [0.4, 0.5) is 0 Å². The highest BCUT2D eigenvalue weighted by Gasteiger charge is 2.40. The summed E-state index contributed by atoms with van der Waals surface area (Å²) < 4.78 is 13.4. The molecule has 3 heterocycles. The van der Waals surface area contributed by atoms with E-state index in [0.717, 1.165) is 54.8 Å². The van der Waals surface area contributed by atoms with E-state index in [1.807, 2.05) is 30.3 Å². The predicted molar refractivity (Wildman–Crippen MR) is 102 cm³/mol. The number of ether oxygens (including phenoxy) is 2. The molecule has 2 aliphatic heterocycles. The average Bonchev–Trinajstić information content (AvgIpc) is 3.27. The van der Waals surface area contributed by atoms with Gasteiger partial charge in [-0.05, 0) is 43.5 Å². The lowest BCUT2D eigenvalue weighted by Gasteiger charge is -2.35. The van der Waals surface area contributed by atoms with Crippen LogP contribution in [-0.2, 0) is 9.47 Å². The van der Waals surface area contributed by atoms with E-state index in [4.69, 9.17) is 14.5 Å². The SMILES string of the molecule is C1=CC(n2nnc3ccccc32)=NC(NC2CCC3(CC2)OCCO3)=CC1. The van der Waals surface area contributed by atoms with Crippen LogP contribution in [0.5, 0.6) is 0 Å². The van der Waals surface area contributed by atoms with E-state index in [0.29, 0.717) is 19.3 Å². The maximum Gasteiger partial charge on any atom is 0.168 e. The molecule has 2 fully saturated rings. The molecule has 7 nitrogen and oxygen atoms in total. The van der Waals surface area contributed by atoms with Crippen LogP contribution in [0.2, 0.25) is 0 Å². The first-order chi connectivity index (χ1) is 13.3. The zero-order valence-corrected chi connectivity index (χ0v) is 15.2. The van der Waals surface area contributed by atoms with E-state index in [9.17, 15) is 0 Å². The van der Waals surface area contributed by atoms with Crippen LogP contribution < -0.4 is 5.32 Å². The normalized spacial score (nSPS) is 22.7. The van der Waals surface area contributed by atoms with Gasteiger partial charge in [0.1, 0.15) is 11.3 Å². The summed E-state index contributed by atoms with van der Waals surface area (Å²) in [5, 5.41) is 12.1. The summed E-state index contributed by atoms with van der Waals surface area (Å²) in [6, 6.07) is 8.30. The van der Waals surface area contributed by atoms with E-state index in [1.165, 1.54) is 0 Å². The molecule has 1 saturated heterocycles. The smallest absolute Gasteiger partial charge is 0.168 e. The molecular formula is C20H23N5O2. The Morgan fingerprint density at radius 3 is 2.78 bits per heavy atom. The van der Waals surface area contributed by atoms with Gasteiger partial charge in [0.15, 0.2) is 11.6 Å². The van der Waals surface area contributed by atoms with Gasteiger partial charge in [0.2, 0.25) is 0 Å². The predicted octanol–water partition coefficient (Wildman–Crippen LogP) is 2.75. The fourth-order valence-corrected chi connectivity index (χ4v) is 4.00. The van der Waals surface area contributed by atoms with Crippen molar-refractivity contribution in [1.82, 2.24) is 20.3 Å². The summed E-state index contributed by atoms with van der Waals surface area (Å²) >= 11 is 0. The van der Waals surface area contributed by atoms with Gasteiger partial charge in [0.25, 0.3) is 0 Å². The Morgan fingerprint density at radius 2 is 1.93 bits per heavy atom.